The van der Waals surface area contributed by atoms with Gasteiger partial charge in [-0.3, -0.25) is 0 Å². The molecule has 0 unspecified atom stereocenters. The number of halogens is 1. The number of aromatic nitrogens is 4. The molecule has 0 aliphatic heterocycles. The molecule has 13 heavy (non-hydrogen) atoms. The fraction of sp³-hybridized carbons (Fsp3) is 0.857. The Morgan fingerprint density at radius 3 is 2.92 bits per heavy atom. The highest BCUT2D eigenvalue weighted by molar-refractivity contribution is 6.16. The molecule has 0 aliphatic carbocycles. The maximum absolute atomic E-state index is 5.61. The van der Waals surface area contributed by atoms with Crippen LogP contribution >= 0.6 is 11.6 Å². The Kier molecular flexibility index (Phi) is 4.11. The summed E-state index contributed by atoms with van der Waals surface area (Å²) in [6.45, 7) is 5.23. The van der Waals surface area contributed by atoms with Crippen LogP contribution in [0.1, 0.15) is 19.7 Å². The molecule has 74 valence electrons. The van der Waals surface area contributed by atoms with Crippen LogP contribution in [-0.4, -0.2) is 32.9 Å². The van der Waals surface area contributed by atoms with Gasteiger partial charge < -0.3 is 4.74 Å². The largest absolute Gasteiger partial charge is 0.377 e. The number of hydrogen-bond acceptors (Lipinski definition) is 4. The summed E-state index contributed by atoms with van der Waals surface area (Å²) < 4.78 is 7.00. The maximum atomic E-state index is 5.61. The van der Waals surface area contributed by atoms with Gasteiger partial charge in [-0.1, -0.05) is 0 Å². The molecular formula is C7H13ClN4O. The van der Waals surface area contributed by atoms with E-state index in [0.29, 0.717) is 24.9 Å². The first-order chi connectivity index (χ1) is 6.24. The summed E-state index contributed by atoms with van der Waals surface area (Å²) >= 11 is 5.61. The van der Waals surface area contributed by atoms with Gasteiger partial charge in [-0.2, -0.15) is 0 Å². The average molecular weight is 205 g/mol. The van der Waals surface area contributed by atoms with E-state index in [2.05, 4.69) is 15.5 Å². The van der Waals surface area contributed by atoms with E-state index in [9.17, 15) is 0 Å². The lowest BCUT2D eigenvalue weighted by atomic mass is 10.5. The zero-order valence-corrected chi connectivity index (χ0v) is 8.53. The molecule has 6 heteroatoms. The number of nitrogens with zero attached hydrogens (tertiary/aromatic N) is 4. The van der Waals surface area contributed by atoms with Gasteiger partial charge in [0.25, 0.3) is 0 Å². The van der Waals surface area contributed by atoms with Crippen LogP contribution in [0, 0.1) is 0 Å². The lowest BCUT2D eigenvalue weighted by Gasteiger charge is -2.07. The molecule has 0 atom stereocenters. The highest BCUT2D eigenvalue weighted by atomic mass is 35.5. The molecule has 5 nitrogen and oxygen atoms in total. The number of hydrogen-bond donors (Lipinski definition) is 0. The van der Waals surface area contributed by atoms with E-state index in [4.69, 9.17) is 16.3 Å². The molecule has 0 N–H and O–H groups in total. The molecule has 1 rings (SSSR count). The van der Waals surface area contributed by atoms with Gasteiger partial charge in [0, 0.05) is 0 Å². The number of alkyl halides is 1. The summed E-state index contributed by atoms with van der Waals surface area (Å²) in [4.78, 5) is 0. The lowest BCUT2D eigenvalue weighted by molar-refractivity contribution is 0.0703. The van der Waals surface area contributed by atoms with Crippen molar-refractivity contribution in [2.45, 2.75) is 32.4 Å². The van der Waals surface area contributed by atoms with E-state index >= 15 is 0 Å². The van der Waals surface area contributed by atoms with Gasteiger partial charge in [0.1, 0.15) is 0 Å². The molecule has 0 bridgehead atoms. The van der Waals surface area contributed by atoms with Crippen molar-refractivity contribution in [3.63, 3.8) is 0 Å². The van der Waals surface area contributed by atoms with Crippen LogP contribution in [-0.2, 0) is 17.2 Å². The van der Waals surface area contributed by atoms with Gasteiger partial charge in [-0.15, -0.1) is 16.7 Å². The van der Waals surface area contributed by atoms with E-state index in [0.717, 1.165) is 0 Å². The molecule has 0 radical (unpaired) electrons. The molecule has 0 spiro atoms. The Labute approximate surface area is 82.0 Å². The number of ether oxygens (including phenoxy) is 1. The third kappa shape index (κ3) is 3.28. The van der Waals surface area contributed by atoms with Crippen LogP contribution in [0.15, 0.2) is 0 Å². The third-order valence-electron chi connectivity index (χ3n) is 1.48. The Hall–Kier alpha value is -0.680. The van der Waals surface area contributed by atoms with E-state index in [-0.39, 0.29) is 6.10 Å². The first-order valence-electron chi connectivity index (χ1n) is 4.16. The molecular weight excluding hydrogens is 192 g/mol. The standard InChI is InChI=1S/C7H13ClN4O/c1-6(2)13-4-3-12-7(5-8)9-10-11-12/h6H,3-5H2,1-2H3. The summed E-state index contributed by atoms with van der Waals surface area (Å²) in [5.41, 5.74) is 0. The highest BCUT2D eigenvalue weighted by Crippen LogP contribution is 1.97. The van der Waals surface area contributed by atoms with Crippen molar-refractivity contribution < 1.29 is 4.74 Å². The maximum Gasteiger partial charge on any atom is 0.166 e. The smallest absolute Gasteiger partial charge is 0.166 e. The molecule has 0 fully saturated rings. The van der Waals surface area contributed by atoms with Crippen molar-refractivity contribution in [3.05, 3.63) is 5.82 Å². The van der Waals surface area contributed by atoms with E-state index in [1.54, 1.807) is 4.68 Å². The van der Waals surface area contributed by atoms with Crippen LogP contribution in [0.2, 0.25) is 0 Å². The van der Waals surface area contributed by atoms with Crippen molar-refractivity contribution >= 4 is 11.6 Å². The zero-order chi connectivity index (χ0) is 9.68. The fourth-order valence-corrected chi connectivity index (χ4v) is 1.06. The predicted octanol–water partition coefficient (Wildman–Crippen LogP) is 0.837. The van der Waals surface area contributed by atoms with Crippen LogP contribution in [0.25, 0.3) is 0 Å². The van der Waals surface area contributed by atoms with Crippen molar-refractivity contribution in [1.29, 1.82) is 0 Å². The minimum atomic E-state index is 0.232. The first kappa shape index (κ1) is 10.4. The van der Waals surface area contributed by atoms with Crippen molar-refractivity contribution in [3.8, 4) is 0 Å². The summed E-state index contributed by atoms with van der Waals surface area (Å²) in [5.74, 6) is 1.00. The van der Waals surface area contributed by atoms with Gasteiger partial charge in [-0.25, -0.2) is 4.68 Å². The lowest BCUT2D eigenvalue weighted by Crippen LogP contribution is -2.13. The number of tetrazole rings is 1. The Morgan fingerprint density at radius 2 is 2.31 bits per heavy atom. The SMILES string of the molecule is CC(C)OCCn1nnnc1CCl. The summed E-state index contributed by atoms with van der Waals surface area (Å²) in [7, 11) is 0. The van der Waals surface area contributed by atoms with Gasteiger partial charge in [0.2, 0.25) is 0 Å². The van der Waals surface area contributed by atoms with Crippen molar-refractivity contribution in [2.75, 3.05) is 6.61 Å². The van der Waals surface area contributed by atoms with Crippen LogP contribution < -0.4 is 0 Å². The average Bonchev–Trinajstić information content (AvgIpc) is 2.51. The quantitative estimate of drug-likeness (QED) is 0.667. The van der Waals surface area contributed by atoms with E-state index in [1.165, 1.54) is 0 Å². The van der Waals surface area contributed by atoms with Crippen LogP contribution in [0.3, 0.4) is 0 Å². The molecule has 1 aromatic rings. The minimum Gasteiger partial charge on any atom is -0.377 e. The fourth-order valence-electron chi connectivity index (χ4n) is 0.868. The first-order valence-corrected chi connectivity index (χ1v) is 4.70. The van der Waals surface area contributed by atoms with E-state index < -0.39 is 0 Å². The zero-order valence-electron chi connectivity index (χ0n) is 7.77. The molecule has 1 aromatic heterocycles. The van der Waals surface area contributed by atoms with E-state index in [1.807, 2.05) is 13.8 Å². The highest BCUT2D eigenvalue weighted by Gasteiger charge is 2.03. The minimum absolute atomic E-state index is 0.232. The second-order valence-corrected chi connectivity index (χ2v) is 3.14. The second kappa shape index (κ2) is 5.14. The second-order valence-electron chi connectivity index (χ2n) is 2.87. The Balaban J connectivity index is 2.36. The van der Waals surface area contributed by atoms with Crippen LogP contribution in [0.5, 0.6) is 0 Å². The number of rotatable bonds is 5. The Morgan fingerprint density at radius 1 is 1.54 bits per heavy atom. The van der Waals surface area contributed by atoms with Crippen molar-refractivity contribution in [1.82, 2.24) is 20.2 Å². The third-order valence-corrected chi connectivity index (χ3v) is 1.72. The normalized spacial score (nSPS) is 11.1. The molecule has 0 aliphatic rings. The topological polar surface area (TPSA) is 52.8 Å². The molecule has 0 saturated carbocycles. The molecule has 1 heterocycles. The monoisotopic (exact) mass is 204 g/mol. The van der Waals surface area contributed by atoms with Gasteiger partial charge in [-0.05, 0) is 24.3 Å². The summed E-state index contributed by atoms with van der Waals surface area (Å²) in [6, 6.07) is 0. The molecule has 0 saturated heterocycles. The van der Waals surface area contributed by atoms with Crippen LogP contribution in [0.4, 0.5) is 0 Å². The summed E-state index contributed by atoms with van der Waals surface area (Å²) in [5, 5.41) is 11.0. The summed E-state index contributed by atoms with van der Waals surface area (Å²) in [6.07, 6.45) is 0.232. The molecule has 0 amide bonds. The van der Waals surface area contributed by atoms with Gasteiger partial charge in [0.05, 0.1) is 25.1 Å². The van der Waals surface area contributed by atoms with Gasteiger partial charge >= 0.3 is 0 Å². The Bertz CT molecular complexity index is 250. The van der Waals surface area contributed by atoms with Crippen molar-refractivity contribution in [2.24, 2.45) is 0 Å². The predicted molar refractivity (Wildman–Crippen MR) is 48.5 cm³/mol. The molecule has 0 aromatic carbocycles. The van der Waals surface area contributed by atoms with Gasteiger partial charge in [0.15, 0.2) is 5.82 Å².